The Morgan fingerprint density at radius 3 is 2.53 bits per heavy atom. The van der Waals surface area contributed by atoms with Crippen molar-refractivity contribution in [1.29, 1.82) is 0 Å². The maximum atomic E-state index is 13.0. The minimum Gasteiger partial charge on any atom is -0.495 e. The van der Waals surface area contributed by atoms with Crippen LogP contribution in [0.2, 0.25) is 0 Å². The second-order valence-electron chi connectivity index (χ2n) is 8.93. The Bertz CT molecular complexity index is 1570. The van der Waals surface area contributed by atoms with Crippen LogP contribution in [-0.4, -0.2) is 62.2 Å². The maximum Gasteiger partial charge on any atom is 0.241 e. The third kappa shape index (κ3) is 5.81. The zero-order valence-corrected chi connectivity index (χ0v) is 23.4. The summed E-state index contributed by atoms with van der Waals surface area (Å²) in [6.45, 7) is 3.45. The van der Waals surface area contributed by atoms with Gasteiger partial charge in [-0.2, -0.15) is 4.98 Å². The van der Waals surface area contributed by atoms with Gasteiger partial charge in [-0.15, -0.1) is 11.3 Å². The van der Waals surface area contributed by atoms with E-state index in [1.54, 1.807) is 71.5 Å². The summed E-state index contributed by atoms with van der Waals surface area (Å²) < 4.78 is 32.2. The van der Waals surface area contributed by atoms with Crippen molar-refractivity contribution in [2.45, 2.75) is 24.0 Å². The summed E-state index contributed by atoms with van der Waals surface area (Å²) in [4.78, 5) is 23.0. The fourth-order valence-corrected chi connectivity index (χ4v) is 5.55. The van der Waals surface area contributed by atoms with Gasteiger partial charge in [0.25, 0.3) is 0 Å². The number of hydrogen-bond donors (Lipinski definition) is 3. The van der Waals surface area contributed by atoms with Crippen LogP contribution in [0, 0.1) is 0 Å². The number of methoxy groups -OCH3 is 1. The van der Waals surface area contributed by atoms with E-state index in [4.69, 9.17) is 4.74 Å². The van der Waals surface area contributed by atoms with E-state index in [0.717, 1.165) is 4.70 Å². The van der Waals surface area contributed by atoms with Gasteiger partial charge in [0.05, 0.1) is 45.4 Å². The number of fused-ring (bicyclic) bond motifs is 1. The van der Waals surface area contributed by atoms with Crippen LogP contribution in [0.5, 0.6) is 5.75 Å². The van der Waals surface area contributed by atoms with E-state index in [1.807, 2.05) is 17.5 Å². The topological polar surface area (TPSA) is 126 Å². The lowest BCUT2D eigenvalue weighted by molar-refractivity contribution is -0.126. The van der Waals surface area contributed by atoms with Gasteiger partial charge < -0.3 is 25.6 Å². The van der Waals surface area contributed by atoms with Crippen LogP contribution >= 0.6 is 11.3 Å². The van der Waals surface area contributed by atoms with Gasteiger partial charge in [-0.1, -0.05) is 12.1 Å². The number of thiophene rings is 1. The molecule has 0 atom stereocenters. The van der Waals surface area contributed by atoms with E-state index in [2.05, 4.69) is 25.9 Å². The molecule has 2 aromatic carbocycles. The number of sulfone groups is 1. The SMILES string of the molecule is COc1ccc(NCC(=O)N(C)C)cc1Nc1nc(Nc2ccccc2S(=O)(=O)C(C)C)c2sccc2n1. The molecule has 0 aliphatic carbocycles. The summed E-state index contributed by atoms with van der Waals surface area (Å²) in [6.07, 6.45) is 0. The van der Waals surface area contributed by atoms with E-state index in [9.17, 15) is 13.2 Å². The molecule has 12 heteroatoms. The number of benzene rings is 2. The third-order valence-corrected chi connectivity index (χ3v) is 8.88. The Morgan fingerprint density at radius 1 is 1.05 bits per heavy atom. The van der Waals surface area contributed by atoms with Crippen molar-refractivity contribution in [1.82, 2.24) is 14.9 Å². The van der Waals surface area contributed by atoms with Gasteiger partial charge in [-0.25, -0.2) is 13.4 Å². The van der Waals surface area contributed by atoms with E-state index in [1.165, 1.54) is 16.2 Å². The monoisotopic (exact) mass is 554 g/mol. The predicted octanol–water partition coefficient (Wildman–Crippen LogP) is 4.87. The summed E-state index contributed by atoms with van der Waals surface area (Å²) in [5.74, 6) is 1.27. The van der Waals surface area contributed by atoms with Crippen LogP contribution in [-0.2, 0) is 14.6 Å². The number of anilines is 5. The lowest BCUT2D eigenvalue weighted by Gasteiger charge is -2.16. The second-order valence-corrected chi connectivity index (χ2v) is 12.3. The molecule has 0 spiro atoms. The minimum absolute atomic E-state index is 0.0583. The van der Waals surface area contributed by atoms with Crippen molar-refractivity contribution in [2.75, 3.05) is 43.7 Å². The molecule has 0 radical (unpaired) electrons. The molecule has 0 unspecified atom stereocenters. The highest BCUT2D eigenvalue weighted by Crippen LogP contribution is 2.35. The molecule has 38 heavy (non-hydrogen) atoms. The van der Waals surface area contributed by atoms with E-state index < -0.39 is 15.1 Å². The molecule has 200 valence electrons. The lowest BCUT2D eigenvalue weighted by atomic mass is 10.2. The fourth-order valence-electron chi connectivity index (χ4n) is 3.58. The Kier molecular flexibility index (Phi) is 8.02. The molecule has 4 rings (SSSR count). The van der Waals surface area contributed by atoms with E-state index in [-0.39, 0.29) is 17.3 Å². The van der Waals surface area contributed by atoms with Gasteiger partial charge in [0, 0.05) is 19.8 Å². The van der Waals surface area contributed by atoms with Crippen LogP contribution in [0.1, 0.15) is 13.8 Å². The quantitative estimate of drug-likeness (QED) is 0.252. The molecule has 1 amide bonds. The van der Waals surface area contributed by atoms with Crippen LogP contribution < -0.4 is 20.7 Å². The molecule has 0 saturated heterocycles. The third-order valence-electron chi connectivity index (χ3n) is 5.76. The highest BCUT2D eigenvalue weighted by atomic mass is 32.2. The smallest absolute Gasteiger partial charge is 0.241 e. The predicted molar refractivity (Wildman–Crippen MR) is 153 cm³/mol. The van der Waals surface area contributed by atoms with Crippen LogP contribution in [0.15, 0.2) is 58.8 Å². The molecule has 2 aromatic heterocycles. The first-order valence-corrected chi connectivity index (χ1v) is 14.3. The number of aromatic nitrogens is 2. The van der Waals surface area contributed by atoms with Gasteiger partial charge in [0.2, 0.25) is 11.9 Å². The molecule has 0 fully saturated rings. The van der Waals surface area contributed by atoms with Crippen LogP contribution in [0.3, 0.4) is 0 Å². The number of likely N-dealkylation sites (N-methyl/N-ethyl adjacent to an activating group) is 1. The fraction of sp³-hybridized carbons (Fsp3) is 0.269. The molecular formula is C26H30N6O4S2. The second kappa shape index (κ2) is 11.2. The number of carbonyl (C=O) groups is 1. The normalized spacial score (nSPS) is 11.4. The number of hydrogen-bond acceptors (Lipinski definition) is 10. The first-order valence-electron chi connectivity index (χ1n) is 11.8. The number of rotatable bonds is 10. The van der Waals surface area contributed by atoms with Crippen molar-refractivity contribution in [3.63, 3.8) is 0 Å². The Balaban J connectivity index is 1.69. The number of nitrogens with zero attached hydrogens (tertiary/aromatic N) is 3. The minimum atomic E-state index is -3.53. The summed E-state index contributed by atoms with van der Waals surface area (Å²) in [6, 6.07) is 14.1. The van der Waals surface area contributed by atoms with Gasteiger partial charge in [0.1, 0.15) is 5.75 Å². The van der Waals surface area contributed by atoms with E-state index in [0.29, 0.717) is 40.1 Å². The summed E-state index contributed by atoms with van der Waals surface area (Å²) >= 11 is 1.45. The molecule has 0 aliphatic rings. The van der Waals surface area contributed by atoms with Gasteiger partial charge in [0.15, 0.2) is 15.7 Å². The number of ether oxygens (including phenoxy) is 1. The zero-order chi connectivity index (χ0) is 27.4. The standard InChI is InChI=1S/C26H30N6O4S2/c1-16(2)38(34,35)22-9-7-6-8-18(22)28-25-24-19(12-13-37-24)29-26(31-25)30-20-14-17(10-11-21(20)36-5)27-15-23(33)32(3)4/h6-14,16,27H,15H2,1-5H3,(H2,28,29,30,31). The van der Waals surface area contributed by atoms with Crippen molar-refractivity contribution in [3.05, 3.63) is 53.9 Å². The molecule has 4 aromatic rings. The summed E-state index contributed by atoms with van der Waals surface area (Å²) in [5, 5.41) is 10.9. The number of carbonyl (C=O) groups excluding carboxylic acids is 1. The molecule has 0 saturated carbocycles. The molecule has 2 heterocycles. The van der Waals surface area contributed by atoms with Crippen molar-refractivity contribution >= 4 is 66.1 Å². The van der Waals surface area contributed by atoms with Crippen molar-refractivity contribution < 1.29 is 17.9 Å². The van der Waals surface area contributed by atoms with Crippen molar-refractivity contribution in [3.8, 4) is 5.75 Å². The summed E-state index contributed by atoms with van der Waals surface area (Å²) in [5.41, 5.74) is 2.45. The van der Waals surface area contributed by atoms with E-state index >= 15 is 0 Å². The zero-order valence-electron chi connectivity index (χ0n) is 21.8. The molecule has 0 aliphatic heterocycles. The van der Waals surface area contributed by atoms with Gasteiger partial charge >= 0.3 is 0 Å². The average molecular weight is 555 g/mol. The van der Waals surface area contributed by atoms with Crippen LogP contribution in [0.25, 0.3) is 10.2 Å². The highest BCUT2D eigenvalue weighted by Gasteiger charge is 2.23. The maximum absolute atomic E-state index is 13.0. The molecule has 3 N–H and O–H groups in total. The largest absolute Gasteiger partial charge is 0.495 e. The first kappa shape index (κ1) is 27.1. The van der Waals surface area contributed by atoms with Gasteiger partial charge in [-0.3, -0.25) is 4.79 Å². The Morgan fingerprint density at radius 2 is 1.82 bits per heavy atom. The number of amides is 1. The molecule has 0 bridgehead atoms. The Labute approximate surface area is 226 Å². The summed E-state index contributed by atoms with van der Waals surface area (Å²) in [7, 11) is 1.43. The molecule has 10 nitrogen and oxygen atoms in total. The Hall–Kier alpha value is -3.90. The van der Waals surface area contributed by atoms with Crippen LogP contribution in [0.4, 0.5) is 28.8 Å². The van der Waals surface area contributed by atoms with Crippen molar-refractivity contribution in [2.24, 2.45) is 0 Å². The molecular weight excluding hydrogens is 524 g/mol. The highest BCUT2D eigenvalue weighted by molar-refractivity contribution is 7.92. The van der Waals surface area contributed by atoms with Gasteiger partial charge in [-0.05, 0) is 55.6 Å². The first-order chi connectivity index (χ1) is 18.1. The number of para-hydroxylation sites is 1. The average Bonchev–Trinajstić information content (AvgIpc) is 3.36. The lowest BCUT2D eigenvalue weighted by Crippen LogP contribution is -2.28. The number of nitrogens with one attached hydrogen (secondary N) is 3.